The van der Waals surface area contributed by atoms with Crippen LogP contribution in [0.4, 0.5) is 0 Å². The van der Waals surface area contributed by atoms with Crippen molar-refractivity contribution in [3.8, 4) is 11.4 Å². The molecule has 0 aliphatic heterocycles. The molecule has 0 saturated heterocycles. The van der Waals surface area contributed by atoms with Crippen LogP contribution in [-0.4, -0.2) is 14.8 Å². The molecule has 0 spiro atoms. The third-order valence-corrected chi connectivity index (χ3v) is 2.70. The fraction of sp³-hybridized carbons (Fsp3) is 0.111. The molecule has 14 heavy (non-hydrogen) atoms. The first-order chi connectivity index (χ1) is 6.68. The number of aromatic amines is 1. The number of hydrogen-bond acceptors (Lipinski definition) is 2. The molecule has 0 unspecified atom stereocenters. The number of benzene rings is 1. The van der Waals surface area contributed by atoms with Crippen LogP contribution in [0, 0.1) is 3.57 Å². The average molecular weight is 301 g/mol. The maximum Gasteiger partial charge on any atom is 0.343 e. The van der Waals surface area contributed by atoms with Gasteiger partial charge in [-0.2, -0.15) is 5.10 Å². The van der Waals surface area contributed by atoms with E-state index in [1.54, 1.807) is 7.05 Å². The Labute approximate surface area is 94.1 Å². The summed E-state index contributed by atoms with van der Waals surface area (Å²) in [5.41, 5.74) is 0.741. The van der Waals surface area contributed by atoms with E-state index < -0.39 is 0 Å². The van der Waals surface area contributed by atoms with Crippen LogP contribution in [0.3, 0.4) is 0 Å². The highest BCUT2D eigenvalue weighted by atomic mass is 127. The van der Waals surface area contributed by atoms with Crippen molar-refractivity contribution in [3.63, 3.8) is 0 Å². The number of aromatic nitrogens is 3. The second-order valence-electron chi connectivity index (χ2n) is 2.92. The van der Waals surface area contributed by atoms with Crippen LogP contribution >= 0.6 is 22.6 Å². The van der Waals surface area contributed by atoms with E-state index in [-0.39, 0.29) is 5.69 Å². The summed E-state index contributed by atoms with van der Waals surface area (Å²) in [5, 5.41) is 6.34. The van der Waals surface area contributed by atoms with Gasteiger partial charge in [-0.3, -0.25) is 4.57 Å². The Hall–Kier alpha value is -1.11. The number of halogens is 1. The maximum atomic E-state index is 11.1. The molecule has 0 aliphatic carbocycles. The molecule has 0 amide bonds. The molecule has 2 rings (SSSR count). The van der Waals surface area contributed by atoms with E-state index in [1.165, 1.54) is 4.57 Å². The molecule has 1 heterocycles. The molecular weight excluding hydrogens is 293 g/mol. The van der Waals surface area contributed by atoms with Crippen molar-refractivity contribution in [1.82, 2.24) is 14.8 Å². The van der Waals surface area contributed by atoms with Crippen LogP contribution < -0.4 is 5.69 Å². The SMILES string of the molecule is Cn1c(-c2ccc(I)cc2)n[nH]c1=O. The van der Waals surface area contributed by atoms with E-state index in [4.69, 9.17) is 0 Å². The third-order valence-electron chi connectivity index (χ3n) is 1.98. The van der Waals surface area contributed by atoms with Crippen molar-refractivity contribution in [3.05, 3.63) is 38.3 Å². The Balaban J connectivity index is 2.55. The van der Waals surface area contributed by atoms with Crippen LogP contribution in [0.15, 0.2) is 29.1 Å². The minimum Gasteiger partial charge on any atom is -0.278 e. The van der Waals surface area contributed by atoms with Crippen molar-refractivity contribution >= 4 is 22.6 Å². The van der Waals surface area contributed by atoms with Gasteiger partial charge >= 0.3 is 5.69 Å². The molecule has 0 aliphatic rings. The minimum atomic E-state index is -0.196. The van der Waals surface area contributed by atoms with E-state index in [2.05, 4.69) is 32.8 Å². The van der Waals surface area contributed by atoms with Gasteiger partial charge in [-0.1, -0.05) is 12.1 Å². The number of rotatable bonds is 1. The van der Waals surface area contributed by atoms with Gasteiger partial charge in [-0.25, -0.2) is 9.89 Å². The summed E-state index contributed by atoms with van der Waals surface area (Å²) in [7, 11) is 1.69. The van der Waals surface area contributed by atoms with Gasteiger partial charge in [0.15, 0.2) is 5.82 Å². The lowest BCUT2D eigenvalue weighted by Crippen LogP contribution is -2.13. The zero-order valence-electron chi connectivity index (χ0n) is 7.49. The summed E-state index contributed by atoms with van der Waals surface area (Å²) in [6.07, 6.45) is 0. The lowest BCUT2D eigenvalue weighted by Gasteiger charge is -1.98. The lowest BCUT2D eigenvalue weighted by atomic mass is 10.2. The molecule has 0 saturated carbocycles. The fourth-order valence-corrected chi connectivity index (χ4v) is 1.56. The zero-order chi connectivity index (χ0) is 10.1. The van der Waals surface area contributed by atoms with Crippen molar-refractivity contribution < 1.29 is 0 Å². The Morgan fingerprint density at radius 1 is 1.36 bits per heavy atom. The average Bonchev–Trinajstić information content (AvgIpc) is 2.50. The van der Waals surface area contributed by atoms with E-state index in [1.807, 2.05) is 24.3 Å². The summed E-state index contributed by atoms with van der Waals surface area (Å²) in [4.78, 5) is 11.1. The molecule has 0 fully saturated rings. The molecule has 2 aromatic rings. The predicted octanol–water partition coefficient (Wildman–Crippen LogP) is 1.38. The van der Waals surface area contributed by atoms with Gasteiger partial charge in [-0.15, -0.1) is 0 Å². The quantitative estimate of drug-likeness (QED) is 0.809. The first-order valence-electron chi connectivity index (χ1n) is 4.06. The van der Waals surface area contributed by atoms with E-state index >= 15 is 0 Å². The maximum absolute atomic E-state index is 11.1. The largest absolute Gasteiger partial charge is 0.343 e. The summed E-state index contributed by atoms with van der Waals surface area (Å²) in [6, 6.07) is 7.85. The molecule has 1 aromatic carbocycles. The molecule has 72 valence electrons. The first-order valence-corrected chi connectivity index (χ1v) is 5.13. The third kappa shape index (κ3) is 1.59. The van der Waals surface area contributed by atoms with E-state index in [9.17, 15) is 4.79 Å². The van der Waals surface area contributed by atoms with Crippen LogP contribution in [-0.2, 0) is 7.05 Å². The van der Waals surface area contributed by atoms with Gasteiger partial charge in [0.05, 0.1) is 0 Å². The second kappa shape index (κ2) is 3.56. The highest BCUT2D eigenvalue weighted by Crippen LogP contribution is 2.15. The van der Waals surface area contributed by atoms with Gasteiger partial charge in [0.1, 0.15) is 0 Å². The minimum absolute atomic E-state index is 0.196. The van der Waals surface area contributed by atoms with E-state index in [0.29, 0.717) is 5.82 Å². The van der Waals surface area contributed by atoms with Crippen LogP contribution in [0.1, 0.15) is 0 Å². The predicted molar refractivity (Wildman–Crippen MR) is 62.0 cm³/mol. The highest BCUT2D eigenvalue weighted by molar-refractivity contribution is 14.1. The molecule has 1 N–H and O–H groups in total. The van der Waals surface area contributed by atoms with Crippen molar-refractivity contribution in [2.24, 2.45) is 7.05 Å². The molecular formula is C9H8IN3O. The second-order valence-corrected chi connectivity index (χ2v) is 4.16. The molecule has 1 aromatic heterocycles. The molecule has 0 bridgehead atoms. The number of hydrogen-bond donors (Lipinski definition) is 1. The van der Waals surface area contributed by atoms with Crippen LogP contribution in [0.25, 0.3) is 11.4 Å². The molecule has 5 heteroatoms. The van der Waals surface area contributed by atoms with Crippen molar-refractivity contribution in [1.29, 1.82) is 0 Å². The smallest absolute Gasteiger partial charge is 0.278 e. The molecule has 4 nitrogen and oxygen atoms in total. The zero-order valence-corrected chi connectivity index (χ0v) is 9.65. The van der Waals surface area contributed by atoms with Gasteiger partial charge < -0.3 is 0 Å². The summed E-state index contributed by atoms with van der Waals surface area (Å²) >= 11 is 2.23. The Morgan fingerprint density at radius 2 is 2.00 bits per heavy atom. The number of H-pyrrole nitrogens is 1. The Kier molecular flexibility index (Phi) is 2.40. The highest BCUT2D eigenvalue weighted by Gasteiger charge is 2.05. The van der Waals surface area contributed by atoms with Gasteiger partial charge in [0.25, 0.3) is 0 Å². The summed E-state index contributed by atoms with van der Waals surface area (Å²) < 4.78 is 2.65. The lowest BCUT2D eigenvalue weighted by molar-refractivity contribution is 0.869. The standard InChI is InChI=1S/C9H8IN3O/c1-13-8(11-12-9(13)14)6-2-4-7(10)5-3-6/h2-5H,1H3,(H,12,14). The van der Waals surface area contributed by atoms with Crippen molar-refractivity contribution in [2.45, 2.75) is 0 Å². The van der Waals surface area contributed by atoms with Gasteiger partial charge in [-0.05, 0) is 34.7 Å². The van der Waals surface area contributed by atoms with Crippen LogP contribution in [0.5, 0.6) is 0 Å². The van der Waals surface area contributed by atoms with Crippen LogP contribution in [0.2, 0.25) is 0 Å². The van der Waals surface area contributed by atoms with Crippen molar-refractivity contribution in [2.75, 3.05) is 0 Å². The number of nitrogens with zero attached hydrogens (tertiary/aromatic N) is 2. The van der Waals surface area contributed by atoms with Gasteiger partial charge in [0.2, 0.25) is 0 Å². The summed E-state index contributed by atoms with van der Waals surface area (Å²) in [6.45, 7) is 0. The topological polar surface area (TPSA) is 50.7 Å². The summed E-state index contributed by atoms with van der Waals surface area (Å²) in [5.74, 6) is 0.659. The van der Waals surface area contributed by atoms with Gasteiger partial charge in [0, 0.05) is 16.2 Å². The monoisotopic (exact) mass is 301 g/mol. The molecule has 0 radical (unpaired) electrons. The first kappa shape index (κ1) is 9.45. The normalized spacial score (nSPS) is 10.4. The van der Waals surface area contributed by atoms with E-state index in [0.717, 1.165) is 9.13 Å². The number of nitrogens with one attached hydrogen (secondary N) is 1. The Morgan fingerprint density at radius 3 is 2.50 bits per heavy atom. The fourth-order valence-electron chi connectivity index (χ4n) is 1.20. The molecule has 0 atom stereocenters. The Bertz CT molecular complexity index is 498.